The molecule has 0 aliphatic carbocycles. The monoisotopic (exact) mass is 305 g/mol. The standard InChI is InChI=1S/C12H19NO6S/c1-5-17-10-7-20(16)11(12(15)18-6-2)8(3)13(10)19-9(4)14/h10H,5-7H2,1-4H3/t10-,20+/m0/s1. The molecule has 7 nitrogen and oxygen atoms in total. The number of hydrogen-bond donors (Lipinski definition) is 0. The lowest BCUT2D eigenvalue weighted by molar-refractivity contribution is -0.221. The Balaban J connectivity index is 3.13. The van der Waals surface area contributed by atoms with E-state index in [0.717, 1.165) is 0 Å². The van der Waals surface area contributed by atoms with Gasteiger partial charge in [-0.25, -0.2) is 4.79 Å². The van der Waals surface area contributed by atoms with Crippen molar-refractivity contribution in [2.75, 3.05) is 19.0 Å². The summed E-state index contributed by atoms with van der Waals surface area (Å²) in [5.41, 5.74) is 0.265. The van der Waals surface area contributed by atoms with Gasteiger partial charge in [-0.15, -0.1) is 0 Å². The smallest absolute Gasteiger partial charge is 0.349 e. The minimum atomic E-state index is -1.56. The molecule has 0 radical (unpaired) electrons. The maximum Gasteiger partial charge on any atom is 0.349 e. The van der Waals surface area contributed by atoms with Gasteiger partial charge in [0.25, 0.3) is 0 Å². The molecule has 0 N–H and O–H groups in total. The lowest BCUT2D eigenvalue weighted by Crippen LogP contribution is -2.46. The predicted octanol–water partition coefficient (Wildman–Crippen LogP) is 0.686. The van der Waals surface area contributed by atoms with Crippen LogP contribution in [0, 0.1) is 0 Å². The molecule has 1 heterocycles. The quantitative estimate of drug-likeness (QED) is 0.691. The maximum atomic E-state index is 12.1. The van der Waals surface area contributed by atoms with E-state index in [1.807, 2.05) is 0 Å². The van der Waals surface area contributed by atoms with Crippen LogP contribution < -0.4 is 0 Å². The number of hydroxylamine groups is 2. The third-order valence-corrected chi connectivity index (χ3v) is 3.99. The number of carbonyl (C=O) groups excluding carboxylic acids is 2. The molecule has 114 valence electrons. The first-order chi connectivity index (χ1) is 9.42. The summed E-state index contributed by atoms with van der Waals surface area (Å²) < 4.78 is 22.4. The summed E-state index contributed by atoms with van der Waals surface area (Å²) in [7, 11) is -1.56. The molecule has 0 aromatic heterocycles. The Morgan fingerprint density at radius 2 is 2.00 bits per heavy atom. The Kier molecular flexibility index (Phi) is 6.15. The van der Waals surface area contributed by atoms with Gasteiger partial charge in [-0.3, -0.25) is 9.00 Å². The highest BCUT2D eigenvalue weighted by Crippen LogP contribution is 2.26. The zero-order valence-electron chi connectivity index (χ0n) is 12.0. The fourth-order valence-corrected chi connectivity index (χ4v) is 3.09. The Labute approximate surface area is 120 Å². The van der Waals surface area contributed by atoms with E-state index in [4.69, 9.17) is 14.3 Å². The lowest BCUT2D eigenvalue weighted by atomic mass is 10.4. The third kappa shape index (κ3) is 3.80. The summed E-state index contributed by atoms with van der Waals surface area (Å²) in [5, 5.41) is 1.18. The van der Waals surface area contributed by atoms with Crippen molar-refractivity contribution in [1.29, 1.82) is 0 Å². The van der Waals surface area contributed by atoms with Crippen molar-refractivity contribution in [3.8, 4) is 0 Å². The largest absolute Gasteiger partial charge is 0.462 e. The van der Waals surface area contributed by atoms with Gasteiger partial charge in [-0.1, -0.05) is 0 Å². The number of ether oxygens (including phenoxy) is 2. The van der Waals surface area contributed by atoms with Gasteiger partial charge in [0.2, 0.25) is 0 Å². The highest BCUT2D eigenvalue weighted by molar-refractivity contribution is 7.90. The fourth-order valence-electron chi connectivity index (χ4n) is 1.77. The molecule has 0 fully saturated rings. The van der Waals surface area contributed by atoms with Crippen LogP contribution in [0.3, 0.4) is 0 Å². The van der Waals surface area contributed by atoms with Crippen LogP contribution in [0.2, 0.25) is 0 Å². The van der Waals surface area contributed by atoms with Gasteiger partial charge in [0.1, 0.15) is 4.91 Å². The van der Waals surface area contributed by atoms with Crippen LogP contribution in [0.1, 0.15) is 27.7 Å². The van der Waals surface area contributed by atoms with Gasteiger partial charge in [-0.2, -0.15) is 5.06 Å². The minimum Gasteiger partial charge on any atom is -0.462 e. The second-order valence-electron chi connectivity index (χ2n) is 3.97. The van der Waals surface area contributed by atoms with Crippen molar-refractivity contribution >= 4 is 22.7 Å². The fraction of sp³-hybridized carbons (Fsp3) is 0.667. The third-order valence-electron chi connectivity index (χ3n) is 2.49. The highest BCUT2D eigenvalue weighted by Gasteiger charge is 2.37. The SMILES string of the molecule is CCOC(=O)C1=C(C)N(OC(C)=O)[C@@H](OCC)C[S@]1=O. The summed E-state index contributed by atoms with van der Waals surface area (Å²) in [4.78, 5) is 28.0. The van der Waals surface area contributed by atoms with Crippen LogP contribution in [0.4, 0.5) is 0 Å². The van der Waals surface area contributed by atoms with Gasteiger partial charge in [-0.05, 0) is 20.8 Å². The molecular weight excluding hydrogens is 286 g/mol. The molecule has 0 aromatic carbocycles. The Morgan fingerprint density at radius 1 is 1.35 bits per heavy atom. The van der Waals surface area contributed by atoms with Crippen molar-refractivity contribution in [3.63, 3.8) is 0 Å². The average molecular weight is 305 g/mol. The average Bonchev–Trinajstić information content (AvgIpc) is 2.34. The summed E-state index contributed by atoms with van der Waals surface area (Å²) in [6.45, 7) is 6.75. The molecule has 1 rings (SSSR count). The van der Waals surface area contributed by atoms with Crippen LogP contribution >= 0.6 is 0 Å². The van der Waals surface area contributed by atoms with Crippen LogP contribution in [0.5, 0.6) is 0 Å². The van der Waals surface area contributed by atoms with Crippen molar-refractivity contribution in [2.45, 2.75) is 33.9 Å². The molecule has 0 spiro atoms. The van der Waals surface area contributed by atoms with Gasteiger partial charge in [0, 0.05) is 13.5 Å². The molecule has 0 amide bonds. The molecule has 0 bridgehead atoms. The normalized spacial score (nSPS) is 22.7. The molecule has 2 atom stereocenters. The predicted molar refractivity (Wildman–Crippen MR) is 71.4 cm³/mol. The van der Waals surface area contributed by atoms with Crippen molar-refractivity contribution < 1.29 is 28.1 Å². The Bertz CT molecular complexity index is 447. The number of carbonyl (C=O) groups is 2. The van der Waals surface area contributed by atoms with Gasteiger partial charge >= 0.3 is 11.9 Å². The number of hydrogen-bond acceptors (Lipinski definition) is 7. The van der Waals surface area contributed by atoms with Crippen LogP contribution in [-0.4, -0.2) is 46.4 Å². The summed E-state index contributed by atoms with van der Waals surface area (Å²) in [5.74, 6) is -1.19. The van der Waals surface area contributed by atoms with E-state index in [-0.39, 0.29) is 23.0 Å². The Morgan fingerprint density at radius 3 is 2.50 bits per heavy atom. The van der Waals surface area contributed by atoms with Gasteiger partial charge in [0.15, 0.2) is 6.23 Å². The molecule has 0 saturated carbocycles. The molecule has 1 aliphatic heterocycles. The van der Waals surface area contributed by atoms with E-state index in [9.17, 15) is 13.8 Å². The van der Waals surface area contributed by atoms with Crippen LogP contribution in [-0.2, 0) is 34.7 Å². The van der Waals surface area contributed by atoms with Gasteiger partial charge in [0.05, 0.1) is 28.9 Å². The van der Waals surface area contributed by atoms with Gasteiger partial charge < -0.3 is 14.3 Å². The molecular formula is C12H19NO6S. The van der Waals surface area contributed by atoms with E-state index >= 15 is 0 Å². The number of allylic oxidation sites excluding steroid dienone is 1. The van der Waals surface area contributed by atoms with E-state index in [1.165, 1.54) is 18.9 Å². The summed E-state index contributed by atoms with van der Waals surface area (Å²) in [6.07, 6.45) is -0.678. The molecule has 0 aromatic rings. The molecule has 0 unspecified atom stereocenters. The van der Waals surface area contributed by atoms with Crippen LogP contribution in [0.25, 0.3) is 0 Å². The highest BCUT2D eigenvalue weighted by atomic mass is 32.2. The van der Waals surface area contributed by atoms with E-state index in [2.05, 4.69) is 0 Å². The number of rotatable bonds is 5. The Hall–Kier alpha value is -1.41. The summed E-state index contributed by atoms with van der Waals surface area (Å²) >= 11 is 0. The number of esters is 1. The first kappa shape index (κ1) is 16.6. The molecule has 0 saturated heterocycles. The zero-order chi connectivity index (χ0) is 15.3. The minimum absolute atomic E-state index is 0.00375. The molecule has 1 aliphatic rings. The first-order valence-corrected chi connectivity index (χ1v) is 7.59. The van der Waals surface area contributed by atoms with E-state index in [0.29, 0.717) is 6.61 Å². The summed E-state index contributed by atoms with van der Waals surface area (Å²) in [6, 6.07) is 0. The van der Waals surface area contributed by atoms with Crippen molar-refractivity contribution in [1.82, 2.24) is 5.06 Å². The second-order valence-corrected chi connectivity index (χ2v) is 5.40. The second kappa shape index (κ2) is 7.39. The van der Waals surface area contributed by atoms with Crippen molar-refractivity contribution in [2.24, 2.45) is 0 Å². The van der Waals surface area contributed by atoms with Crippen molar-refractivity contribution in [3.05, 3.63) is 10.6 Å². The zero-order valence-corrected chi connectivity index (χ0v) is 12.8. The first-order valence-electron chi connectivity index (χ1n) is 6.28. The lowest BCUT2D eigenvalue weighted by Gasteiger charge is -2.35. The van der Waals surface area contributed by atoms with Crippen LogP contribution in [0.15, 0.2) is 10.6 Å². The maximum absolute atomic E-state index is 12.1. The number of nitrogens with zero attached hydrogens (tertiary/aromatic N) is 1. The molecule has 20 heavy (non-hydrogen) atoms. The molecule has 8 heteroatoms. The van der Waals surface area contributed by atoms with E-state index < -0.39 is 29.0 Å². The van der Waals surface area contributed by atoms with E-state index in [1.54, 1.807) is 13.8 Å². The topological polar surface area (TPSA) is 82.1 Å².